The topological polar surface area (TPSA) is 24.4 Å². The Balaban J connectivity index is 1.68. The number of fused-ring (bicyclic) bond motifs is 1. The lowest BCUT2D eigenvalue weighted by Crippen LogP contribution is -2.28. The first-order valence-electron chi connectivity index (χ1n) is 9.30. The number of rotatable bonds is 4. The smallest absolute Gasteiger partial charge is 0.157 e. The van der Waals surface area contributed by atoms with Crippen LogP contribution < -0.4 is 5.32 Å². The molecule has 2 nitrogen and oxygen atoms in total. The van der Waals surface area contributed by atoms with Gasteiger partial charge in [0.2, 0.25) is 0 Å². The molecular weight excluding hydrogens is 324 g/mol. The summed E-state index contributed by atoms with van der Waals surface area (Å²) < 4.78 is 0. The van der Waals surface area contributed by atoms with Crippen LogP contribution in [0.15, 0.2) is 41.4 Å². The molecule has 2 aliphatic rings. The van der Waals surface area contributed by atoms with Gasteiger partial charge < -0.3 is 5.32 Å². The molecule has 1 heterocycles. The number of aryl methyl sites for hydroxylation is 3. The number of hydrogen-bond donors (Lipinski definition) is 1. The molecule has 0 radical (unpaired) electrons. The van der Waals surface area contributed by atoms with Crippen molar-refractivity contribution < 1.29 is 0 Å². The molecule has 1 aliphatic heterocycles. The fourth-order valence-electron chi connectivity index (χ4n) is 4.21. The molecule has 25 heavy (non-hydrogen) atoms. The fraction of sp³-hybridized carbons (Fsp3) is 0.409. The summed E-state index contributed by atoms with van der Waals surface area (Å²) >= 11 is 1.85. The van der Waals surface area contributed by atoms with Crippen molar-refractivity contribution in [3.05, 3.63) is 69.8 Å². The van der Waals surface area contributed by atoms with E-state index in [0.717, 1.165) is 23.9 Å². The minimum Gasteiger partial charge on any atom is -0.358 e. The van der Waals surface area contributed by atoms with Crippen molar-refractivity contribution in [1.29, 1.82) is 0 Å². The van der Waals surface area contributed by atoms with Crippen LogP contribution in [0.3, 0.4) is 0 Å². The Hall–Kier alpha value is -1.74. The average molecular weight is 351 g/mol. The molecule has 0 saturated heterocycles. The Morgan fingerprint density at radius 3 is 2.72 bits per heavy atom. The lowest BCUT2D eigenvalue weighted by Gasteiger charge is -2.23. The van der Waals surface area contributed by atoms with Crippen molar-refractivity contribution in [2.45, 2.75) is 45.6 Å². The molecule has 0 saturated carbocycles. The molecule has 1 unspecified atom stereocenters. The van der Waals surface area contributed by atoms with E-state index in [1.165, 1.54) is 41.5 Å². The van der Waals surface area contributed by atoms with Gasteiger partial charge in [-0.1, -0.05) is 59.3 Å². The maximum atomic E-state index is 4.64. The Bertz CT molecular complexity index is 789. The SMILES string of the molecule is Cc1cc(C)cc(CC(NC2=NCCS2)c2cccc3c2CCC3)c1. The van der Waals surface area contributed by atoms with Crippen molar-refractivity contribution >= 4 is 16.9 Å². The zero-order valence-electron chi connectivity index (χ0n) is 15.1. The molecule has 0 fully saturated rings. The van der Waals surface area contributed by atoms with Gasteiger partial charge in [-0.15, -0.1) is 0 Å². The first-order valence-corrected chi connectivity index (χ1v) is 10.3. The fourth-order valence-corrected chi connectivity index (χ4v) is 4.99. The first-order chi connectivity index (χ1) is 12.2. The Labute approximate surface area is 155 Å². The largest absolute Gasteiger partial charge is 0.358 e. The third-order valence-corrected chi connectivity index (χ3v) is 6.07. The molecular formula is C22H26N2S. The lowest BCUT2D eigenvalue weighted by molar-refractivity contribution is 0.641. The first kappa shape index (κ1) is 16.7. The van der Waals surface area contributed by atoms with Gasteiger partial charge in [-0.2, -0.15) is 0 Å². The van der Waals surface area contributed by atoms with Gasteiger partial charge in [0, 0.05) is 5.75 Å². The van der Waals surface area contributed by atoms with Crippen LogP contribution in [0.1, 0.15) is 45.8 Å². The van der Waals surface area contributed by atoms with E-state index in [0.29, 0.717) is 6.04 Å². The summed E-state index contributed by atoms with van der Waals surface area (Å²) in [5.41, 5.74) is 8.71. The van der Waals surface area contributed by atoms with E-state index in [9.17, 15) is 0 Å². The number of benzene rings is 2. The highest BCUT2D eigenvalue weighted by Crippen LogP contribution is 2.31. The summed E-state index contributed by atoms with van der Waals surface area (Å²) in [7, 11) is 0. The van der Waals surface area contributed by atoms with Gasteiger partial charge in [0.25, 0.3) is 0 Å². The summed E-state index contributed by atoms with van der Waals surface area (Å²) in [5.74, 6) is 1.10. The highest BCUT2D eigenvalue weighted by Gasteiger charge is 2.23. The lowest BCUT2D eigenvalue weighted by atomic mass is 9.92. The van der Waals surface area contributed by atoms with Crippen LogP contribution in [0.4, 0.5) is 0 Å². The Kier molecular flexibility index (Phi) is 4.85. The van der Waals surface area contributed by atoms with Crippen molar-refractivity contribution in [2.75, 3.05) is 12.3 Å². The molecule has 2 aromatic carbocycles. The van der Waals surface area contributed by atoms with Crippen molar-refractivity contribution in [2.24, 2.45) is 4.99 Å². The molecule has 2 aromatic rings. The molecule has 130 valence electrons. The number of thioether (sulfide) groups is 1. The number of hydrogen-bond acceptors (Lipinski definition) is 3. The predicted octanol–water partition coefficient (Wildman–Crippen LogP) is 4.77. The molecule has 1 aliphatic carbocycles. The van der Waals surface area contributed by atoms with Crippen molar-refractivity contribution in [1.82, 2.24) is 5.32 Å². The second-order valence-electron chi connectivity index (χ2n) is 7.27. The molecule has 0 amide bonds. The van der Waals surface area contributed by atoms with Gasteiger partial charge in [0.05, 0.1) is 12.6 Å². The number of aliphatic imine (C=N–C) groups is 1. The molecule has 1 atom stereocenters. The quantitative estimate of drug-likeness (QED) is 0.859. The second kappa shape index (κ2) is 7.25. The van der Waals surface area contributed by atoms with Gasteiger partial charge in [-0.3, -0.25) is 4.99 Å². The van der Waals surface area contributed by atoms with E-state index in [-0.39, 0.29) is 0 Å². The summed E-state index contributed by atoms with van der Waals surface area (Å²) in [4.78, 5) is 4.64. The minimum atomic E-state index is 0.304. The Morgan fingerprint density at radius 2 is 1.96 bits per heavy atom. The van der Waals surface area contributed by atoms with Crippen molar-refractivity contribution in [3.63, 3.8) is 0 Å². The third-order valence-electron chi connectivity index (χ3n) is 5.16. The summed E-state index contributed by atoms with van der Waals surface area (Å²) in [6.07, 6.45) is 4.75. The van der Waals surface area contributed by atoms with Gasteiger partial charge in [0.15, 0.2) is 5.17 Å². The predicted molar refractivity (Wildman–Crippen MR) is 109 cm³/mol. The van der Waals surface area contributed by atoms with Crippen LogP contribution in [-0.4, -0.2) is 17.5 Å². The van der Waals surface area contributed by atoms with Gasteiger partial charge in [-0.25, -0.2) is 0 Å². The van der Waals surface area contributed by atoms with Crippen LogP contribution >= 0.6 is 11.8 Å². The van der Waals surface area contributed by atoms with Crippen LogP contribution in [0, 0.1) is 13.8 Å². The van der Waals surface area contributed by atoms with Crippen LogP contribution in [0.5, 0.6) is 0 Å². The Morgan fingerprint density at radius 1 is 1.12 bits per heavy atom. The molecule has 0 aromatic heterocycles. The molecule has 3 heteroatoms. The van der Waals surface area contributed by atoms with E-state index < -0.39 is 0 Å². The van der Waals surface area contributed by atoms with Gasteiger partial charge in [0.1, 0.15) is 0 Å². The normalized spacial score (nSPS) is 17.3. The third kappa shape index (κ3) is 3.77. The highest BCUT2D eigenvalue weighted by molar-refractivity contribution is 8.14. The van der Waals surface area contributed by atoms with Gasteiger partial charge in [-0.05, 0) is 61.8 Å². The molecule has 0 bridgehead atoms. The van der Waals surface area contributed by atoms with E-state index in [1.54, 1.807) is 11.1 Å². The van der Waals surface area contributed by atoms with Crippen LogP contribution in [-0.2, 0) is 19.3 Å². The van der Waals surface area contributed by atoms with Crippen LogP contribution in [0.2, 0.25) is 0 Å². The second-order valence-corrected chi connectivity index (χ2v) is 8.35. The monoisotopic (exact) mass is 350 g/mol. The molecule has 0 spiro atoms. The standard InChI is InChI=1S/C22H26N2S/c1-15-11-16(2)13-17(12-15)14-21(24-22-23-9-10-25-22)20-8-4-6-18-5-3-7-19(18)20/h4,6,8,11-13,21H,3,5,7,9-10,14H2,1-2H3,(H,23,24). The molecule has 1 N–H and O–H groups in total. The zero-order chi connectivity index (χ0) is 17.2. The van der Waals surface area contributed by atoms with E-state index >= 15 is 0 Å². The van der Waals surface area contributed by atoms with Crippen LogP contribution in [0.25, 0.3) is 0 Å². The highest BCUT2D eigenvalue weighted by atomic mass is 32.2. The van der Waals surface area contributed by atoms with E-state index in [2.05, 4.69) is 60.6 Å². The molecule has 4 rings (SSSR count). The average Bonchev–Trinajstić information content (AvgIpc) is 3.24. The summed E-state index contributed by atoms with van der Waals surface area (Å²) in [6.45, 7) is 5.32. The maximum absolute atomic E-state index is 4.64. The summed E-state index contributed by atoms with van der Waals surface area (Å²) in [5, 5.41) is 4.88. The van der Waals surface area contributed by atoms with E-state index in [1.807, 2.05) is 11.8 Å². The van der Waals surface area contributed by atoms with E-state index in [4.69, 9.17) is 0 Å². The van der Waals surface area contributed by atoms with Crippen molar-refractivity contribution in [3.8, 4) is 0 Å². The minimum absolute atomic E-state index is 0.304. The summed E-state index contributed by atoms with van der Waals surface area (Å²) in [6, 6.07) is 14.1. The zero-order valence-corrected chi connectivity index (χ0v) is 16.0. The maximum Gasteiger partial charge on any atom is 0.157 e. The van der Waals surface area contributed by atoms with Gasteiger partial charge >= 0.3 is 0 Å². The number of nitrogens with one attached hydrogen (secondary N) is 1. The number of amidine groups is 1. The number of nitrogens with zero attached hydrogens (tertiary/aromatic N) is 1.